The number of carbonyl (C=O) groups is 1. The SMILES string of the molecule is CCCCCCCCCCCCSSSCCOC(=O)CCN(CCC)CCCN(CCO)CCO. The molecule has 0 atom stereocenters. The predicted octanol–water partition coefficient (Wildman–Crippen LogP) is 6.26. The van der Waals surface area contributed by atoms with Gasteiger partial charge in [-0.3, -0.25) is 9.69 Å². The maximum absolute atomic E-state index is 12.1. The summed E-state index contributed by atoms with van der Waals surface area (Å²) in [6.07, 6.45) is 16.3. The molecule has 9 heteroatoms. The van der Waals surface area contributed by atoms with Gasteiger partial charge in [-0.05, 0) is 48.7 Å². The molecule has 216 valence electrons. The van der Waals surface area contributed by atoms with Gasteiger partial charge in [-0.25, -0.2) is 0 Å². The van der Waals surface area contributed by atoms with Crippen LogP contribution in [0.15, 0.2) is 0 Å². The highest BCUT2D eigenvalue weighted by molar-refractivity contribution is 9.09. The Morgan fingerprint density at radius 2 is 1.19 bits per heavy atom. The molecule has 0 aliphatic rings. The summed E-state index contributed by atoms with van der Waals surface area (Å²) >= 11 is 0. The number of carbonyl (C=O) groups excluding carboxylic acids is 1. The van der Waals surface area contributed by atoms with Gasteiger partial charge in [-0.2, -0.15) is 0 Å². The van der Waals surface area contributed by atoms with Gasteiger partial charge in [0.05, 0.1) is 19.6 Å². The quantitative estimate of drug-likeness (QED) is 0.0618. The van der Waals surface area contributed by atoms with Crippen LogP contribution in [0, 0.1) is 0 Å². The number of rotatable bonds is 29. The maximum Gasteiger partial charge on any atom is 0.307 e. The van der Waals surface area contributed by atoms with Crippen molar-refractivity contribution >= 4 is 37.4 Å². The number of hydrogen-bond acceptors (Lipinski definition) is 9. The molecule has 0 aliphatic heterocycles. The van der Waals surface area contributed by atoms with Crippen LogP contribution in [0.3, 0.4) is 0 Å². The average molecular weight is 569 g/mol. The van der Waals surface area contributed by atoms with Crippen LogP contribution in [0.4, 0.5) is 0 Å². The van der Waals surface area contributed by atoms with E-state index in [0.29, 0.717) is 26.1 Å². The Labute approximate surface area is 234 Å². The van der Waals surface area contributed by atoms with Gasteiger partial charge in [0.25, 0.3) is 0 Å². The molecule has 6 nitrogen and oxygen atoms in total. The number of esters is 1. The number of aliphatic hydroxyl groups excluding tert-OH is 2. The second kappa shape index (κ2) is 29.9. The van der Waals surface area contributed by atoms with E-state index in [9.17, 15) is 4.79 Å². The molecule has 0 spiro atoms. The number of nitrogens with zero attached hydrogens (tertiary/aromatic N) is 2. The van der Waals surface area contributed by atoms with E-state index in [1.165, 1.54) is 70.0 Å². The van der Waals surface area contributed by atoms with Gasteiger partial charge in [0, 0.05) is 31.1 Å². The molecule has 0 radical (unpaired) electrons. The minimum absolute atomic E-state index is 0.109. The lowest BCUT2D eigenvalue weighted by Crippen LogP contribution is -2.34. The molecule has 0 aromatic heterocycles. The summed E-state index contributed by atoms with van der Waals surface area (Å²) in [6.45, 7) is 9.77. The summed E-state index contributed by atoms with van der Waals surface area (Å²) in [5.74, 6) is 1.94. The number of hydrogen-bond donors (Lipinski definition) is 2. The van der Waals surface area contributed by atoms with Crippen LogP contribution >= 0.6 is 31.4 Å². The fourth-order valence-electron chi connectivity index (χ4n) is 4.05. The van der Waals surface area contributed by atoms with Crippen molar-refractivity contribution in [2.24, 2.45) is 0 Å². The van der Waals surface area contributed by atoms with Gasteiger partial charge >= 0.3 is 5.97 Å². The van der Waals surface area contributed by atoms with Crippen LogP contribution in [-0.2, 0) is 9.53 Å². The Hall–Kier alpha value is 0.360. The largest absolute Gasteiger partial charge is 0.465 e. The second-order valence-corrected chi connectivity index (χ2v) is 13.8. The molecule has 0 bridgehead atoms. The first-order chi connectivity index (χ1) is 17.7. The Kier molecular flexibility index (Phi) is 30.2. The van der Waals surface area contributed by atoms with Crippen molar-refractivity contribution in [3.05, 3.63) is 0 Å². The van der Waals surface area contributed by atoms with Crippen LogP contribution < -0.4 is 0 Å². The van der Waals surface area contributed by atoms with Gasteiger partial charge in [0.2, 0.25) is 0 Å². The maximum atomic E-state index is 12.1. The van der Waals surface area contributed by atoms with E-state index in [0.717, 1.165) is 44.8 Å². The van der Waals surface area contributed by atoms with E-state index in [1.807, 2.05) is 20.6 Å². The first kappa shape index (κ1) is 36.4. The number of ether oxygens (including phenoxy) is 1. The first-order valence-corrected chi connectivity index (χ1v) is 18.2. The van der Waals surface area contributed by atoms with E-state index >= 15 is 0 Å². The zero-order valence-corrected chi connectivity index (χ0v) is 25.8. The van der Waals surface area contributed by atoms with E-state index in [-0.39, 0.29) is 19.2 Å². The van der Waals surface area contributed by atoms with E-state index in [4.69, 9.17) is 14.9 Å². The Morgan fingerprint density at radius 3 is 1.78 bits per heavy atom. The molecule has 0 aliphatic carbocycles. The molecule has 0 aromatic carbocycles. The van der Waals surface area contributed by atoms with Gasteiger partial charge in [-0.1, -0.05) is 93.2 Å². The van der Waals surface area contributed by atoms with Crippen LogP contribution in [0.1, 0.15) is 97.3 Å². The highest BCUT2D eigenvalue weighted by Crippen LogP contribution is 2.34. The van der Waals surface area contributed by atoms with Gasteiger partial charge in [-0.15, -0.1) is 0 Å². The van der Waals surface area contributed by atoms with Crippen LogP contribution in [-0.4, -0.2) is 96.6 Å². The van der Waals surface area contributed by atoms with Crippen molar-refractivity contribution in [2.75, 3.05) is 70.6 Å². The minimum Gasteiger partial charge on any atom is -0.465 e. The van der Waals surface area contributed by atoms with E-state index < -0.39 is 0 Å². The summed E-state index contributed by atoms with van der Waals surface area (Å²) < 4.78 is 5.42. The molecule has 0 saturated carbocycles. The lowest BCUT2D eigenvalue weighted by atomic mass is 10.1. The van der Waals surface area contributed by atoms with Crippen molar-refractivity contribution in [2.45, 2.75) is 97.3 Å². The van der Waals surface area contributed by atoms with Gasteiger partial charge in [0.1, 0.15) is 6.61 Å². The fourth-order valence-corrected chi connectivity index (χ4v) is 7.73. The third-order valence-corrected chi connectivity index (χ3v) is 10.4. The standard InChI is InChI=1S/C27H56N2O4S3/c1-3-5-6-7-8-9-10-11-12-13-25-34-36-35-26-24-33-27(32)15-19-28(16-4-2)17-14-18-29(20-22-30)21-23-31/h30-31H,3-26H2,1-2H3. The van der Waals surface area contributed by atoms with Crippen molar-refractivity contribution in [3.8, 4) is 0 Å². The topological polar surface area (TPSA) is 73.2 Å². The minimum atomic E-state index is -0.109. The Bertz CT molecular complexity index is 459. The molecule has 0 fully saturated rings. The Balaban J connectivity index is 3.59. The predicted molar refractivity (Wildman–Crippen MR) is 162 cm³/mol. The molecule has 0 aromatic rings. The molecule has 0 heterocycles. The zero-order valence-electron chi connectivity index (χ0n) is 23.3. The van der Waals surface area contributed by atoms with Crippen molar-refractivity contribution in [3.63, 3.8) is 0 Å². The molecule has 0 unspecified atom stereocenters. The smallest absolute Gasteiger partial charge is 0.307 e. The molecular formula is C27H56N2O4S3. The number of aliphatic hydroxyl groups is 2. The van der Waals surface area contributed by atoms with Crippen molar-refractivity contribution < 1.29 is 19.7 Å². The number of unbranched alkanes of at least 4 members (excludes halogenated alkanes) is 9. The fraction of sp³-hybridized carbons (Fsp3) is 0.963. The van der Waals surface area contributed by atoms with Crippen molar-refractivity contribution in [1.29, 1.82) is 0 Å². The summed E-state index contributed by atoms with van der Waals surface area (Å²) in [5.41, 5.74) is 0. The molecule has 0 rings (SSSR count). The normalized spacial score (nSPS) is 11.6. The molecule has 0 saturated heterocycles. The third-order valence-electron chi connectivity index (χ3n) is 6.06. The van der Waals surface area contributed by atoms with Gasteiger partial charge in [0.15, 0.2) is 0 Å². The summed E-state index contributed by atoms with van der Waals surface area (Å²) in [7, 11) is 5.53. The van der Waals surface area contributed by atoms with Crippen LogP contribution in [0.2, 0.25) is 0 Å². The second-order valence-electron chi connectivity index (χ2n) is 9.35. The van der Waals surface area contributed by atoms with Gasteiger partial charge < -0.3 is 19.8 Å². The molecular weight excluding hydrogens is 513 g/mol. The highest BCUT2D eigenvalue weighted by Gasteiger charge is 2.10. The lowest BCUT2D eigenvalue weighted by molar-refractivity contribution is -0.143. The monoisotopic (exact) mass is 568 g/mol. The Morgan fingerprint density at radius 1 is 0.639 bits per heavy atom. The lowest BCUT2D eigenvalue weighted by Gasteiger charge is -2.24. The summed E-state index contributed by atoms with van der Waals surface area (Å²) in [4.78, 5) is 16.5. The van der Waals surface area contributed by atoms with Crippen LogP contribution in [0.5, 0.6) is 0 Å². The first-order valence-electron chi connectivity index (χ1n) is 14.4. The highest BCUT2D eigenvalue weighted by atomic mass is 33.5. The summed E-state index contributed by atoms with van der Waals surface area (Å²) in [5, 5.41) is 18.2. The third kappa shape index (κ3) is 26.0. The van der Waals surface area contributed by atoms with E-state index in [1.54, 1.807) is 10.8 Å². The van der Waals surface area contributed by atoms with Crippen molar-refractivity contribution in [1.82, 2.24) is 9.80 Å². The summed E-state index contributed by atoms with van der Waals surface area (Å²) in [6, 6.07) is 0. The van der Waals surface area contributed by atoms with Crippen LogP contribution in [0.25, 0.3) is 0 Å². The molecule has 2 N–H and O–H groups in total. The van der Waals surface area contributed by atoms with E-state index in [2.05, 4.69) is 23.6 Å². The molecule has 0 amide bonds. The zero-order chi connectivity index (χ0) is 26.5. The average Bonchev–Trinajstić information content (AvgIpc) is 2.87. The molecule has 36 heavy (non-hydrogen) atoms.